The minimum atomic E-state index is -0.999. The summed E-state index contributed by atoms with van der Waals surface area (Å²) >= 11 is 1.56. The number of amides is 3. The summed E-state index contributed by atoms with van der Waals surface area (Å²) in [5.41, 5.74) is 1.80. The molecular weight excluding hydrogens is 518 g/mol. The molecule has 0 saturated heterocycles. The van der Waals surface area contributed by atoms with Crippen LogP contribution in [0, 0.1) is 13.8 Å². The molecule has 0 aromatic heterocycles. The number of nitrogens with zero attached hydrogens (tertiary/aromatic N) is 1. The minimum absolute atomic E-state index is 0.314. The van der Waals surface area contributed by atoms with Gasteiger partial charge in [-0.3, -0.25) is 14.4 Å². The average Bonchev–Trinajstić information content (AvgIpc) is 2.86. The molecule has 0 aliphatic heterocycles. The quantitative estimate of drug-likeness (QED) is 0.234. The van der Waals surface area contributed by atoms with Crippen molar-refractivity contribution in [1.82, 2.24) is 15.5 Å². The maximum absolute atomic E-state index is 14.2. The molecule has 0 aliphatic carbocycles. The number of benzene rings is 1. The fourth-order valence-corrected chi connectivity index (χ4v) is 4.60. The summed E-state index contributed by atoms with van der Waals surface area (Å²) in [6, 6.07) is 3.81. The molecule has 2 atom stereocenters. The van der Waals surface area contributed by atoms with Crippen molar-refractivity contribution in [3.05, 3.63) is 34.9 Å². The van der Waals surface area contributed by atoms with Crippen LogP contribution in [-0.2, 0) is 23.9 Å². The number of esters is 1. The third kappa shape index (κ3) is 12.3. The monoisotopic (exact) mass is 565 g/mol. The molecular formula is C29H47N3O6S. The predicted octanol–water partition coefficient (Wildman–Crippen LogP) is 4.69. The normalized spacial score (nSPS) is 12.7. The number of ether oxygens (including phenoxy) is 2. The Morgan fingerprint density at radius 1 is 1.08 bits per heavy atom. The van der Waals surface area contributed by atoms with Gasteiger partial charge < -0.3 is 25.0 Å². The van der Waals surface area contributed by atoms with Crippen LogP contribution in [0.1, 0.15) is 82.5 Å². The number of carbonyl (C=O) groups is 4. The number of unbranched alkanes of at least 4 members (excludes halogenated alkanes) is 3. The first kappa shape index (κ1) is 34.3. The molecule has 39 heavy (non-hydrogen) atoms. The summed E-state index contributed by atoms with van der Waals surface area (Å²) in [7, 11) is 1.25. The second-order valence-electron chi connectivity index (χ2n) is 10.6. The van der Waals surface area contributed by atoms with Crippen LogP contribution >= 0.6 is 11.8 Å². The van der Waals surface area contributed by atoms with E-state index in [0.29, 0.717) is 30.7 Å². The highest BCUT2D eigenvalue weighted by molar-refractivity contribution is 7.98. The first-order chi connectivity index (χ1) is 18.3. The molecule has 10 heteroatoms. The van der Waals surface area contributed by atoms with Crippen LogP contribution in [0.5, 0.6) is 0 Å². The number of rotatable bonds is 15. The van der Waals surface area contributed by atoms with Crippen LogP contribution in [0.2, 0.25) is 0 Å². The summed E-state index contributed by atoms with van der Waals surface area (Å²) in [5.74, 6) is -0.826. The van der Waals surface area contributed by atoms with Crippen LogP contribution < -0.4 is 10.6 Å². The Kier molecular flexibility index (Phi) is 15.0. The Morgan fingerprint density at radius 2 is 1.77 bits per heavy atom. The third-order valence-corrected chi connectivity index (χ3v) is 6.69. The van der Waals surface area contributed by atoms with Gasteiger partial charge >= 0.3 is 12.1 Å². The van der Waals surface area contributed by atoms with E-state index >= 15 is 0 Å². The average molecular weight is 566 g/mol. The van der Waals surface area contributed by atoms with E-state index in [9.17, 15) is 19.2 Å². The van der Waals surface area contributed by atoms with E-state index in [0.717, 1.165) is 30.4 Å². The summed E-state index contributed by atoms with van der Waals surface area (Å²) in [4.78, 5) is 53.9. The maximum atomic E-state index is 14.2. The largest absolute Gasteiger partial charge is 0.468 e. The van der Waals surface area contributed by atoms with Crippen molar-refractivity contribution < 1.29 is 28.7 Å². The van der Waals surface area contributed by atoms with E-state index in [1.165, 1.54) is 7.11 Å². The van der Waals surface area contributed by atoms with E-state index in [1.54, 1.807) is 37.4 Å². The van der Waals surface area contributed by atoms with Crippen molar-refractivity contribution in [2.75, 3.05) is 32.2 Å². The van der Waals surface area contributed by atoms with Gasteiger partial charge in [0, 0.05) is 6.54 Å². The first-order valence-electron chi connectivity index (χ1n) is 13.5. The standard InChI is InChI=1S/C29H47N3O6S/c1-9-10-11-12-16-32(27(35)23(15-17-39-8)31-28(36)38-29(4,5)6)25(26(34)30-19-24(33)37-7)22-14-13-20(2)18-21(22)3/h13-14,18,23,25H,9-12,15-17,19H2,1-8H3,(H,30,34)(H,31,36). The van der Waals surface area contributed by atoms with Gasteiger partial charge in [0.1, 0.15) is 24.2 Å². The molecule has 1 rings (SSSR count). The Bertz CT molecular complexity index is 963. The third-order valence-electron chi connectivity index (χ3n) is 6.05. The van der Waals surface area contributed by atoms with Crippen molar-refractivity contribution in [2.45, 2.75) is 91.3 Å². The lowest BCUT2D eigenvalue weighted by Crippen LogP contribution is -2.53. The zero-order chi connectivity index (χ0) is 29.6. The van der Waals surface area contributed by atoms with Gasteiger partial charge in [-0.2, -0.15) is 11.8 Å². The Labute approximate surface area is 238 Å². The molecule has 0 aliphatic rings. The molecule has 2 N–H and O–H groups in total. The molecule has 0 heterocycles. The summed E-state index contributed by atoms with van der Waals surface area (Å²) in [6.45, 7) is 11.2. The van der Waals surface area contributed by atoms with Gasteiger partial charge in [-0.25, -0.2) is 4.79 Å². The molecule has 0 radical (unpaired) electrons. The molecule has 1 aromatic rings. The molecule has 1 aromatic carbocycles. The molecule has 0 spiro atoms. The summed E-state index contributed by atoms with van der Waals surface area (Å²) < 4.78 is 10.1. The Hall–Kier alpha value is -2.75. The highest BCUT2D eigenvalue weighted by Crippen LogP contribution is 2.27. The van der Waals surface area contributed by atoms with Gasteiger partial charge in [-0.1, -0.05) is 49.9 Å². The molecule has 0 saturated carbocycles. The van der Waals surface area contributed by atoms with Gasteiger partial charge in [0.05, 0.1) is 7.11 Å². The van der Waals surface area contributed by atoms with Crippen molar-refractivity contribution in [1.29, 1.82) is 0 Å². The maximum Gasteiger partial charge on any atom is 0.408 e. The topological polar surface area (TPSA) is 114 Å². The molecule has 2 unspecified atom stereocenters. The zero-order valence-electron chi connectivity index (χ0n) is 24.8. The highest BCUT2D eigenvalue weighted by Gasteiger charge is 2.36. The lowest BCUT2D eigenvalue weighted by molar-refractivity contribution is -0.144. The molecule has 3 amide bonds. The smallest absolute Gasteiger partial charge is 0.408 e. The number of methoxy groups -OCH3 is 1. The van der Waals surface area contributed by atoms with Gasteiger partial charge in [0.25, 0.3) is 0 Å². The van der Waals surface area contributed by atoms with Gasteiger partial charge in [-0.05, 0) is 70.6 Å². The van der Waals surface area contributed by atoms with Crippen LogP contribution in [0.15, 0.2) is 18.2 Å². The lowest BCUT2D eigenvalue weighted by Gasteiger charge is -2.35. The number of thioether (sulfide) groups is 1. The van der Waals surface area contributed by atoms with E-state index < -0.39 is 35.7 Å². The Balaban J connectivity index is 3.53. The Morgan fingerprint density at radius 3 is 2.33 bits per heavy atom. The first-order valence-corrected chi connectivity index (χ1v) is 14.9. The summed E-state index contributed by atoms with van der Waals surface area (Å²) in [5, 5.41) is 5.39. The molecule has 0 bridgehead atoms. The zero-order valence-corrected chi connectivity index (χ0v) is 25.7. The van der Waals surface area contributed by atoms with Gasteiger partial charge in [0.15, 0.2) is 0 Å². The van der Waals surface area contributed by atoms with E-state index in [2.05, 4.69) is 17.6 Å². The number of nitrogens with one attached hydrogen (secondary N) is 2. The van der Waals surface area contributed by atoms with Crippen LogP contribution in [0.3, 0.4) is 0 Å². The molecule has 9 nitrogen and oxygen atoms in total. The lowest BCUT2D eigenvalue weighted by atomic mass is 9.96. The number of carbonyl (C=O) groups excluding carboxylic acids is 4. The van der Waals surface area contributed by atoms with E-state index in [-0.39, 0.29) is 12.5 Å². The fraction of sp³-hybridized carbons (Fsp3) is 0.655. The van der Waals surface area contributed by atoms with Crippen molar-refractivity contribution >= 4 is 35.6 Å². The van der Waals surface area contributed by atoms with E-state index in [4.69, 9.17) is 9.47 Å². The van der Waals surface area contributed by atoms with Crippen LogP contribution in [0.25, 0.3) is 0 Å². The SMILES string of the molecule is CCCCCCN(C(=O)C(CCSC)NC(=O)OC(C)(C)C)C(C(=O)NCC(=O)OC)c1ccc(C)cc1C. The summed E-state index contributed by atoms with van der Waals surface area (Å²) in [6.07, 6.45) is 5.20. The van der Waals surface area contributed by atoms with Crippen molar-refractivity contribution in [2.24, 2.45) is 0 Å². The van der Waals surface area contributed by atoms with Gasteiger partial charge in [-0.15, -0.1) is 0 Å². The predicted molar refractivity (Wildman–Crippen MR) is 156 cm³/mol. The minimum Gasteiger partial charge on any atom is -0.468 e. The van der Waals surface area contributed by atoms with Crippen molar-refractivity contribution in [3.8, 4) is 0 Å². The number of aryl methyl sites for hydroxylation is 2. The van der Waals surface area contributed by atoms with E-state index in [1.807, 2.05) is 38.3 Å². The highest BCUT2D eigenvalue weighted by atomic mass is 32.2. The molecule has 220 valence electrons. The number of hydrogen-bond donors (Lipinski definition) is 2. The van der Waals surface area contributed by atoms with Crippen molar-refractivity contribution in [3.63, 3.8) is 0 Å². The van der Waals surface area contributed by atoms with Crippen LogP contribution in [0.4, 0.5) is 4.79 Å². The fourth-order valence-electron chi connectivity index (χ4n) is 4.13. The molecule has 0 fully saturated rings. The second kappa shape index (κ2) is 17.0. The number of alkyl carbamates (subject to hydrolysis) is 1. The number of hydrogen-bond acceptors (Lipinski definition) is 7. The second-order valence-corrected chi connectivity index (χ2v) is 11.6. The van der Waals surface area contributed by atoms with Crippen LogP contribution in [-0.4, -0.2) is 72.6 Å². The van der Waals surface area contributed by atoms with Gasteiger partial charge in [0.2, 0.25) is 11.8 Å².